The van der Waals surface area contributed by atoms with Gasteiger partial charge < -0.3 is 14.4 Å². The highest BCUT2D eigenvalue weighted by Crippen LogP contribution is 2.41. The van der Waals surface area contributed by atoms with Crippen LogP contribution in [0.15, 0.2) is 24.4 Å². The molecule has 0 saturated carbocycles. The topological polar surface area (TPSA) is 113 Å². The van der Waals surface area contributed by atoms with Crippen molar-refractivity contribution in [2.75, 3.05) is 24.7 Å². The van der Waals surface area contributed by atoms with Crippen LogP contribution in [0.5, 0.6) is 0 Å². The van der Waals surface area contributed by atoms with Crippen molar-refractivity contribution in [1.29, 1.82) is 5.26 Å². The average molecular weight is 442 g/mol. The molecule has 1 aliphatic rings. The lowest BCUT2D eigenvalue weighted by Gasteiger charge is -2.26. The first-order valence-corrected chi connectivity index (χ1v) is 10.6. The number of aromatic nitrogens is 1. The fraction of sp³-hybridized carbons (Fsp3) is 0.381. The minimum atomic E-state index is -0.516. The van der Waals surface area contributed by atoms with Crippen molar-refractivity contribution in [3.8, 4) is 6.07 Å². The molecule has 1 aliphatic heterocycles. The van der Waals surface area contributed by atoms with Gasteiger partial charge in [0.1, 0.15) is 30.1 Å². The summed E-state index contributed by atoms with van der Waals surface area (Å²) in [7, 11) is 0. The molecule has 2 aromatic heterocycles. The van der Waals surface area contributed by atoms with Gasteiger partial charge in [0.2, 0.25) is 5.91 Å². The van der Waals surface area contributed by atoms with Gasteiger partial charge in [-0.2, -0.15) is 5.26 Å². The quantitative estimate of drug-likeness (QED) is 0.499. The van der Waals surface area contributed by atoms with Crippen molar-refractivity contribution >= 4 is 40.1 Å². The molecule has 0 spiro atoms. The van der Waals surface area contributed by atoms with E-state index in [2.05, 4.69) is 11.1 Å². The predicted octanol–water partition coefficient (Wildman–Crippen LogP) is 3.15. The van der Waals surface area contributed by atoms with Crippen LogP contribution in [-0.4, -0.2) is 47.6 Å². The van der Waals surface area contributed by atoms with Gasteiger partial charge in [-0.1, -0.05) is 13.0 Å². The Kier molecular flexibility index (Phi) is 7.20. The number of thiophene rings is 1. The Labute approximate surface area is 183 Å². The van der Waals surface area contributed by atoms with E-state index in [1.54, 1.807) is 31.3 Å². The highest BCUT2D eigenvalue weighted by molar-refractivity contribution is 7.16. The van der Waals surface area contributed by atoms with Gasteiger partial charge in [0.15, 0.2) is 0 Å². The third-order valence-electron chi connectivity index (χ3n) is 4.66. The second-order valence-electron chi connectivity index (χ2n) is 6.69. The van der Waals surface area contributed by atoms with Crippen LogP contribution in [0, 0.1) is 11.3 Å². The predicted molar refractivity (Wildman–Crippen MR) is 113 cm³/mol. The van der Waals surface area contributed by atoms with Crippen LogP contribution >= 0.6 is 11.3 Å². The number of nitrogens with zero attached hydrogens (tertiary/aromatic N) is 4. The molecular weight excluding hydrogens is 420 g/mol. The van der Waals surface area contributed by atoms with Gasteiger partial charge in [-0.15, -0.1) is 11.3 Å². The molecule has 10 heteroatoms. The van der Waals surface area contributed by atoms with Crippen LogP contribution in [0.25, 0.3) is 0 Å². The van der Waals surface area contributed by atoms with E-state index >= 15 is 0 Å². The number of hydrogen-bond acceptors (Lipinski definition) is 8. The second kappa shape index (κ2) is 10.0. The highest BCUT2D eigenvalue weighted by atomic mass is 32.1. The Morgan fingerprint density at radius 2 is 2.06 bits per heavy atom. The molecule has 0 fully saturated rings. The number of ether oxygens (including phenoxy) is 2. The van der Waals surface area contributed by atoms with E-state index in [0.29, 0.717) is 29.3 Å². The molecule has 0 saturated heterocycles. The van der Waals surface area contributed by atoms with E-state index in [-0.39, 0.29) is 32.1 Å². The second-order valence-corrected chi connectivity index (χ2v) is 7.78. The van der Waals surface area contributed by atoms with Crippen LogP contribution in [0.1, 0.15) is 36.3 Å². The number of hydrogen-bond donors (Lipinski definition) is 0. The van der Waals surface area contributed by atoms with Crippen molar-refractivity contribution in [3.05, 3.63) is 40.4 Å². The normalized spacial score (nSPS) is 12.5. The van der Waals surface area contributed by atoms with Crippen LogP contribution in [0.4, 0.5) is 15.6 Å². The molecule has 31 heavy (non-hydrogen) atoms. The van der Waals surface area contributed by atoms with E-state index in [9.17, 15) is 19.6 Å². The number of nitriles is 1. The summed E-state index contributed by atoms with van der Waals surface area (Å²) >= 11 is 1.31. The lowest BCUT2D eigenvalue weighted by Crippen LogP contribution is -2.36. The molecule has 3 rings (SSSR count). The Balaban J connectivity index is 1.83. The summed E-state index contributed by atoms with van der Waals surface area (Å²) in [4.78, 5) is 44.0. The number of fused-ring (bicyclic) bond motifs is 1. The maximum Gasteiger partial charge on any atom is 0.410 e. The highest BCUT2D eigenvalue weighted by Gasteiger charge is 2.31. The molecule has 9 nitrogen and oxygen atoms in total. The standard InChI is InChI=1S/C21H22N4O5S/c1-3-19(27)25(18-6-4-5-8-23-18)20-16(12-22)15-7-9-24(13-17(15)31-20)21(28)30-11-10-29-14(2)26/h4-6,8H,3,7,9-11,13H2,1-2H3. The van der Waals surface area contributed by atoms with Gasteiger partial charge in [0.05, 0.1) is 12.1 Å². The third kappa shape index (κ3) is 5.00. The summed E-state index contributed by atoms with van der Waals surface area (Å²) in [6.45, 7) is 3.67. The molecule has 0 unspecified atom stereocenters. The van der Waals surface area contributed by atoms with Crippen molar-refractivity contribution in [3.63, 3.8) is 0 Å². The Hall–Kier alpha value is -3.45. The van der Waals surface area contributed by atoms with Gasteiger partial charge in [0, 0.05) is 31.0 Å². The zero-order chi connectivity index (χ0) is 22.4. The lowest BCUT2D eigenvalue weighted by molar-refractivity contribution is -0.142. The monoisotopic (exact) mass is 442 g/mol. The Morgan fingerprint density at radius 1 is 1.29 bits per heavy atom. The first-order chi connectivity index (χ1) is 15.0. The SMILES string of the molecule is CCC(=O)N(c1ccccn1)c1sc2c(c1C#N)CCN(C(=O)OCCOC(C)=O)C2. The molecule has 0 radical (unpaired) electrons. The first-order valence-electron chi connectivity index (χ1n) is 9.79. The summed E-state index contributed by atoms with van der Waals surface area (Å²) in [5, 5.41) is 10.3. The number of esters is 1. The van der Waals surface area contributed by atoms with Gasteiger partial charge in [-0.3, -0.25) is 14.5 Å². The maximum atomic E-state index is 12.7. The summed E-state index contributed by atoms with van der Waals surface area (Å²) in [5.74, 6) is -0.158. The lowest BCUT2D eigenvalue weighted by atomic mass is 10.0. The molecule has 0 atom stereocenters. The van der Waals surface area contributed by atoms with E-state index in [1.165, 1.54) is 28.1 Å². The van der Waals surface area contributed by atoms with Gasteiger partial charge in [0.25, 0.3) is 0 Å². The van der Waals surface area contributed by atoms with Gasteiger partial charge in [-0.25, -0.2) is 9.78 Å². The zero-order valence-corrected chi connectivity index (χ0v) is 18.1. The molecule has 0 N–H and O–H groups in total. The molecule has 162 valence electrons. The van der Waals surface area contributed by atoms with Crippen LogP contribution in [-0.2, 0) is 32.0 Å². The maximum absolute atomic E-state index is 12.7. The number of amides is 2. The molecule has 2 amide bonds. The molecule has 3 heterocycles. The number of anilines is 2. The van der Waals surface area contributed by atoms with Crippen LogP contribution in [0.3, 0.4) is 0 Å². The minimum absolute atomic E-state index is 0.0000585. The molecule has 0 aromatic carbocycles. The van der Waals surface area contributed by atoms with E-state index in [4.69, 9.17) is 9.47 Å². The number of carbonyl (C=O) groups excluding carboxylic acids is 3. The Bertz CT molecular complexity index is 1010. The summed E-state index contributed by atoms with van der Waals surface area (Å²) in [6.07, 6.45) is 1.81. The van der Waals surface area contributed by atoms with Crippen LogP contribution in [0.2, 0.25) is 0 Å². The summed E-state index contributed by atoms with van der Waals surface area (Å²) < 4.78 is 9.92. The summed E-state index contributed by atoms with van der Waals surface area (Å²) in [6, 6.07) is 7.50. The zero-order valence-electron chi connectivity index (χ0n) is 17.3. The van der Waals surface area contributed by atoms with Crippen molar-refractivity contribution in [1.82, 2.24) is 9.88 Å². The molecule has 0 bridgehead atoms. The van der Waals surface area contributed by atoms with Crippen LogP contribution < -0.4 is 4.90 Å². The summed E-state index contributed by atoms with van der Waals surface area (Å²) in [5.41, 5.74) is 1.28. The smallest absolute Gasteiger partial charge is 0.410 e. The van der Waals surface area contributed by atoms with Crippen molar-refractivity contribution < 1.29 is 23.9 Å². The average Bonchev–Trinajstić information content (AvgIpc) is 3.14. The number of carbonyl (C=O) groups is 3. The van der Waals surface area contributed by atoms with Crippen molar-refractivity contribution in [2.24, 2.45) is 0 Å². The fourth-order valence-corrected chi connectivity index (χ4v) is 4.55. The molecular formula is C21H22N4O5S. The minimum Gasteiger partial charge on any atom is -0.462 e. The van der Waals surface area contributed by atoms with E-state index in [0.717, 1.165) is 10.4 Å². The largest absolute Gasteiger partial charge is 0.462 e. The molecule has 0 aliphatic carbocycles. The van der Waals surface area contributed by atoms with Crippen molar-refractivity contribution in [2.45, 2.75) is 33.2 Å². The number of rotatable bonds is 6. The van der Waals surface area contributed by atoms with E-state index < -0.39 is 12.1 Å². The van der Waals surface area contributed by atoms with Gasteiger partial charge >= 0.3 is 12.1 Å². The fourth-order valence-electron chi connectivity index (χ4n) is 3.21. The van der Waals surface area contributed by atoms with E-state index in [1.807, 2.05) is 0 Å². The molecule has 2 aromatic rings. The van der Waals surface area contributed by atoms with Gasteiger partial charge in [-0.05, 0) is 24.1 Å². The Morgan fingerprint density at radius 3 is 2.71 bits per heavy atom. The first kappa shape index (κ1) is 22.2. The number of pyridine rings is 1. The third-order valence-corrected chi connectivity index (χ3v) is 5.86.